The van der Waals surface area contributed by atoms with Gasteiger partial charge in [-0.3, -0.25) is 14.4 Å². The molecule has 77 heavy (non-hydrogen) atoms. The van der Waals surface area contributed by atoms with Crippen LogP contribution in [0, 0.1) is 0 Å². The summed E-state index contributed by atoms with van der Waals surface area (Å²) in [7, 11) is -5.39. The van der Waals surface area contributed by atoms with Crippen molar-refractivity contribution in [1.29, 1.82) is 0 Å². The van der Waals surface area contributed by atoms with Crippen LogP contribution in [0.3, 0.4) is 0 Å². The highest BCUT2D eigenvalue weighted by atomic mass is 31.2. The number of amides is 3. The molecular weight excluding hydrogens is 1010 g/mol. The van der Waals surface area contributed by atoms with Crippen molar-refractivity contribution >= 4 is 25.5 Å². The van der Waals surface area contributed by atoms with Gasteiger partial charge in [-0.1, -0.05) is 72.8 Å². The fourth-order valence-electron chi connectivity index (χ4n) is 7.62. The smallest absolute Gasteiger partial charge is 0.248 e. The van der Waals surface area contributed by atoms with Gasteiger partial charge in [0.1, 0.15) is 55.2 Å². The lowest BCUT2D eigenvalue weighted by Crippen LogP contribution is -2.90. The van der Waals surface area contributed by atoms with Gasteiger partial charge in [-0.05, 0) is 146 Å². The molecule has 0 aromatic heterocycles. The summed E-state index contributed by atoms with van der Waals surface area (Å²) in [6.07, 6.45) is 3.98. The monoisotopic (exact) mass is 1080 g/mol. The summed E-state index contributed by atoms with van der Waals surface area (Å²) in [5.41, 5.74) is 23.2. The second-order valence-corrected chi connectivity index (χ2v) is 19.8. The Hall–Kier alpha value is -7.00. The normalized spacial score (nSPS) is 13.3. The maximum absolute atomic E-state index is 11.0. The SMILES string of the molecule is C[C@H](CCc1ccc(C(N)=O)cc1)[NH2+]C[C@H](O)c1ccc(O)cc1.C[C@H](CCc1ccc(C(N)=O)cc1)[NH2+]C[C@H](O)c1ccc(O)cc1.C[C@H](CCc1ccc(C(N)=O)cc1)[NH2+]C[C@H](O)c1ccc(O)cc1.O=P([O-])([O-])[O-]. The Labute approximate surface area is 449 Å². The number of phosphoric acid groups is 1. The van der Waals surface area contributed by atoms with Crippen LogP contribution in [0.4, 0.5) is 0 Å². The van der Waals surface area contributed by atoms with E-state index in [1.54, 1.807) is 109 Å². The number of aliphatic hydroxyl groups excluding tert-OH is 3. The van der Waals surface area contributed by atoms with Crippen LogP contribution in [-0.2, 0) is 23.8 Å². The van der Waals surface area contributed by atoms with E-state index in [0.717, 1.165) is 55.2 Å². The van der Waals surface area contributed by atoms with Crippen molar-refractivity contribution in [3.8, 4) is 17.2 Å². The first kappa shape index (κ1) is 64.3. The van der Waals surface area contributed by atoms with Gasteiger partial charge in [0, 0.05) is 36.0 Å². The molecule has 0 aliphatic rings. The molecule has 0 saturated heterocycles. The van der Waals surface area contributed by atoms with E-state index in [2.05, 4.69) is 36.7 Å². The van der Waals surface area contributed by atoms with Gasteiger partial charge in [-0.15, -0.1) is 0 Å². The molecule has 0 unspecified atom stereocenters. The minimum atomic E-state index is -5.39. The second-order valence-electron chi connectivity index (χ2n) is 18.9. The number of carbonyl (C=O) groups is 3. The molecule has 0 aliphatic carbocycles. The molecule has 20 heteroatoms. The van der Waals surface area contributed by atoms with Crippen LogP contribution in [-0.4, -0.2) is 86.1 Å². The summed E-state index contributed by atoms with van der Waals surface area (Å²) in [5.74, 6) is -0.633. The van der Waals surface area contributed by atoms with E-state index in [9.17, 15) is 45.0 Å². The second kappa shape index (κ2) is 33.2. The van der Waals surface area contributed by atoms with E-state index in [0.29, 0.717) is 54.5 Å². The van der Waals surface area contributed by atoms with Crippen LogP contribution in [0.15, 0.2) is 146 Å². The predicted molar refractivity (Wildman–Crippen MR) is 285 cm³/mol. The number of rotatable bonds is 24. The predicted octanol–water partition coefficient (Wildman–Crippen LogP) is 0.503. The van der Waals surface area contributed by atoms with Gasteiger partial charge in [-0.25, -0.2) is 0 Å². The number of hydrogen-bond acceptors (Lipinski definition) is 13. The zero-order chi connectivity index (χ0) is 57.1. The average molecular weight is 1080 g/mol. The average Bonchev–Trinajstić information content (AvgIpc) is 3.40. The Kier molecular flexibility index (Phi) is 27.7. The van der Waals surface area contributed by atoms with Crippen molar-refractivity contribution in [3.63, 3.8) is 0 Å². The lowest BCUT2D eigenvalue weighted by molar-refractivity contribution is -0.693. The first-order valence-corrected chi connectivity index (χ1v) is 26.6. The van der Waals surface area contributed by atoms with Crippen molar-refractivity contribution in [2.24, 2.45) is 17.2 Å². The summed E-state index contributed by atoms with van der Waals surface area (Å²) in [6, 6.07) is 43.1. The summed E-state index contributed by atoms with van der Waals surface area (Å²) in [6.45, 7) is 8.11. The molecule has 0 spiro atoms. The number of carbonyl (C=O) groups excluding carboxylic acids is 3. The molecule has 6 aromatic carbocycles. The minimum Gasteiger partial charge on any atom is -0.822 e. The molecule has 3 amide bonds. The van der Waals surface area contributed by atoms with Crippen molar-refractivity contribution in [2.45, 2.75) is 95.7 Å². The van der Waals surface area contributed by atoms with E-state index in [1.165, 1.54) is 16.7 Å². The molecule has 0 bridgehead atoms. The Morgan fingerprint density at radius 1 is 0.416 bits per heavy atom. The number of aryl methyl sites for hydroxylation is 3. The minimum absolute atomic E-state index is 0.200. The summed E-state index contributed by atoms with van der Waals surface area (Å²) < 4.78 is 8.55. The standard InChI is InChI=1S/3C19H24N2O3.H3O4P/c3*1-13(2-3-14-4-6-16(7-5-14)19(20)24)21-12-18(23)15-8-10-17(22)11-9-15;1-5(2,3)4/h3*4-11,13,18,21-23H,2-3,12H2,1H3,(H2,20,24);(H3,1,2,3,4)/t3*13-,18+;/m111./s1. The molecule has 6 aromatic rings. The van der Waals surface area contributed by atoms with Gasteiger partial charge in [0.2, 0.25) is 17.7 Å². The lowest BCUT2D eigenvalue weighted by Gasteiger charge is -2.36. The highest BCUT2D eigenvalue weighted by molar-refractivity contribution is 7.40. The summed E-state index contributed by atoms with van der Waals surface area (Å²) >= 11 is 0. The highest BCUT2D eigenvalue weighted by Crippen LogP contribution is 2.18. The molecule has 0 saturated carbocycles. The summed E-state index contributed by atoms with van der Waals surface area (Å²) in [5, 5.41) is 64.7. The third-order valence-electron chi connectivity index (χ3n) is 12.5. The topological polar surface area (TPSA) is 387 Å². The van der Waals surface area contributed by atoms with Crippen LogP contribution in [0.2, 0.25) is 0 Å². The van der Waals surface area contributed by atoms with Gasteiger partial charge < -0.3 is 83.0 Å². The van der Waals surface area contributed by atoms with Crippen molar-refractivity contribution in [1.82, 2.24) is 0 Å². The third-order valence-corrected chi connectivity index (χ3v) is 12.5. The maximum atomic E-state index is 11.0. The Bertz CT molecular complexity index is 2420. The number of primary amides is 3. The fraction of sp³-hybridized carbons (Fsp3) is 0.316. The van der Waals surface area contributed by atoms with Crippen LogP contribution in [0.5, 0.6) is 17.2 Å². The number of hydrogen-bond donors (Lipinski definition) is 12. The molecule has 416 valence electrons. The van der Waals surface area contributed by atoms with Crippen molar-refractivity contribution < 1.29 is 80.2 Å². The first-order valence-electron chi connectivity index (χ1n) is 25.2. The first-order chi connectivity index (χ1) is 36.4. The molecule has 0 fully saturated rings. The van der Waals surface area contributed by atoms with Gasteiger partial charge in [0.25, 0.3) is 0 Å². The zero-order valence-electron chi connectivity index (χ0n) is 43.6. The zero-order valence-corrected chi connectivity index (χ0v) is 44.5. The number of phenolic OH excluding ortho intramolecular Hbond substituents is 3. The van der Waals surface area contributed by atoms with E-state index in [1.807, 2.05) is 36.4 Å². The van der Waals surface area contributed by atoms with Crippen LogP contribution < -0.4 is 47.8 Å². The molecular formula is C57H75N6O13P. The maximum Gasteiger partial charge on any atom is 0.248 e. The number of nitrogens with two attached hydrogens (primary N) is 6. The number of quaternary nitrogens is 3. The van der Waals surface area contributed by atoms with Crippen molar-refractivity contribution in [2.75, 3.05) is 19.6 Å². The number of phenols is 3. The quantitative estimate of drug-likeness (QED) is 0.0368. The molecule has 0 radical (unpaired) electrons. The summed E-state index contributed by atoms with van der Waals surface area (Å²) in [4.78, 5) is 58.8. The number of benzene rings is 6. The van der Waals surface area contributed by atoms with Crippen LogP contribution >= 0.6 is 7.82 Å². The molecule has 18 N–H and O–H groups in total. The molecule has 0 aliphatic heterocycles. The van der Waals surface area contributed by atoms with Gasteiger partial charge >= 0.3 is 0 Å². The Morgan fingerprint density at radius 3 is 0.792 bits per heavy atom. The van der Waals surface area contributed by atoms with Crippen LogP contribution in [0.25, 0.3) is 0 Å². The van der Waals surface area contributed by atoms with Gasteiger partial charge in [-0.2, -0.15) is 7.82 Å². The molecule has 19 nitrogen and oxygen atoms in total. The lowest BCUT2D eigenvalue weighted by atomic mass is 10.0. The number of aliphatic hydroxyl groups is 3. The van der Waals surface area contributed by atoms with Gasteiger partial charge in [0.05, 0.1) is 18.1 Å². The van der Waals surface area contributed by atoms with E-state index in [-0.39, 0.29) is 17.2 Å². The molecule has 6 rings (SSSR count). The number of aromatic hydroxyl groups is 3. The van der Waals surface area contributed by atoms with E-state index < -0.39 is 43.9 Å². The van der Waals surface area contributed by atoms with E-state index >= 15 is 0 Å². The third kappa shape index (κ3) is 27.1. The van der Waals surface area contributed by atoms with Crippen molar-refractivity contribution in [3.05, 3.63) is 196 Å². The largest absolute Gasteiger partial charge is 0.822 e. The fourth-order valence-corrected chi connectivity index (χ4v) is 7.62. The Balaban J connectivity index is 0.000000290. The molecule has 0 heterocycles. The van der Waals surface area contributed by atoms with E-state index in [4.69, 9.17) is 36.4 Å². The Morgan fingerprint density at radius 2 is 0.610 bits per heavy atom. The highest BCUT2D eigenvalue weighted by Gasteiger charge is 2.16. The van der Waals surface area contributed by atoms with Crippen LogP contribution in [0.1, 0.15) is 123 Å². The molecule has 6 atom stereocenters. The van der Waals surface area contributed by atoms with Gasteiger partial charge in [0.15, 0.2) is 0 Å².